The third kappa shape index (κ3) is 1.93. The van der Waals surface area contributed by atoms with Crippen LogP contribution in [-0.2, 0) is 4.79 Å². The van der Waals surface area contributed by atoms with Gasteiger partial charge in [0.15, 0.2) is 5.65 Å². The molecule has 0 saturated carbocycles. The Morgan fingerprint density at radius 2 is 2.16 bits per heavy atom. The first-order chi connectivity index (χ1) is 9.18. The molecule has 0 spiro atoms. The van der Waals surface area contributed by atoms with Crippen LogP contribution in [0.1, 0.15) is 25.8 Å². The van der Waals surface area contributed by atoms with Gasteiger partial charge < -0.3 is 10.6 Å². The lowest BCUT2D eigenvalue weighted by Crippen LogP contribution is -2.34. The van der Waals surface area contributed by atoms with Crippen LogP contribution in [0.2, 0.25) is 0 Å². The molecule has 6 nitrogen and oxygen atoms in total. The van der Waals surface area contributed by atoms with Crippen molar-refractivity contribution >= 4 is 23.0 Å². The van der Waals surface area contributed by atoms with Crippen molar-refractivity contribution in [3.05, 3.63) is 18.3 Å². The number of nitrogens with zero attached hydrogens (tertiary/aromatic N) is 4. The minimum absolute atomic E-state index is 0.0918. The molecular formula is C13H17N5O. The third-order valence-corrected chi connectivity index (χ3v) is 3.64. The number of aromatic nitrogens is 3. The molecule has 1 aliphatic rings. The number of nitrogen functional groups attached to an aromatic ring is 1. The van der Waals surface area contributed by atoms with Crippen LogP contribution in [0.5, 0.6) is 0 Å². The molecule has 0 aliphatic carbocycles. The van der Waals surface area contributed by atoms with E-state index >= 15 is 0 Å². The van der Waals surface area contributed by atoms with Crippen molar-refractivity contribution < 1.29 is 4.79 Å². The molecule has 100 valence electrons. The SMILES string of the molecule is CC(C(=O)N1CCCC1)n1c(N)nc2cccnc21. The summed E-state index contributed by atoms with van der Waals surface area (Å²) in [5.74, 6) is 0.433. The summed E-state index contributed by atoms with van der Waals surface area (Å²) in [7, 11) is 0. The van der Waals surface area contributed by atoms with Crippen molar-refractivity contribution in [2.75, 3.05) is 18.8 Å². The molecule has 0 bridgehead atoms. The lowest BCUT2D eigenvalue weighted by molar-refractivity contribution is -0.133. The van der Waals surface area contributed by atoms with E-state index in [1.807, 2.05) is 24.0 Å². The second-order valence-corrected chi connectivity index (χ2v) is 4.89. The van der Waals surface area contributed by atoms with E-state index in [0.717, 1.165) is 31.4 Å². The van der Waals surface area contributed by atoms with Crippen molar-refractivity contribution in [1.82, 2.24) is 19.4 Å². The minimum atomic E-state index is -0.363. The first kappa shape index (κ1) is 12.0. The fraction of sp³-hybridized carbons (Fsp3) is 0.462. The molecular weight excluding hydrogens is 242 g/mol. The number of amides is 1. The molecule has 6 heteroatoms. The molecule has 3 heterocycles. The largest absolute Gasteiger partial charge is 0.369 e. The Labute approximate surface area is 111 Å². The van der Waals surface area contributed by atoms with Gasteiger partial charge >= 0.3 is 0 Å². The Balaban J connectivity index is 1.98. The summed E-state index contributed by atoms with van der Waals surface area (Å²) in [6.07, 6.45) is 3.85. The Bertz CT molecular complexity index is 615. The highest BCUT2D eigenvalue weighted by Crippen LogP contribution is 2.23. The molecule has 2 aromatic rings. The summed E-state index contributed by atoms with van der Waals surface area (Å²) in [4.78, 5) is 22.9. The van der Waals surface area contributed by atoms with Gasteiger partial charge in [0.1, 0.15) is 11.6 Å². The van der Waals surface area contributed by atoms with Crippen molar-refractivity contribution in [1.29, 1.82) is 0 Å². The summed E-state index contributed by atoms with van der Waals surface area (Å²) >= 11 is 0. The van der Waals surface area contributed by atoms with Gasteiger partial charge in [0.25, 0.3) is 0 Å². The molecule has 1 saturated heterocycles. The standard InChI is InChI=1S/C13H17N5O/c1-9(12(19)17-7-2-3-8-17)18-11-10(16-13(18)14)5-4-6-15-11/h4-6,9H,2-3,7-8H2,1H3,(H2,14,16). The number of hydrogen-bond acceptors (Lipinski definition) is 4. The second-order valence-electron chi connectivity index (χ2n) is 4.89. The summed E-state index contributed by atoms with van der Waals surface area (Å²) in [5.41, 5.74) is 7.32. The highest BCUT2D eigenvalue weighted by Gasteiger charge is 2.27. The second kappa shape index (κ2) is 4.53. The van der Waals surface area contributed by atoms with Crippen molar-refractivity contribution in [2.45, 2.75) is 25.8 Å². The van der Waals surface area contributed by atoms with E-state index < -0.39 is 0 Å². The average Bonchev–Trinajstić information content (AvgIpc) is 3.03. The van der Waals surface area contributed by atoms with Gasteiger partial charge in [-0.25, -0.2) is 9.97 Å². The van der Waals surface area contributed by atoms with Gasteiger partial charge in [-0.3, -0.25) is 9.36 Å². The quantitative estimate of drug-likeness (QED) is 0.879. The molecule has 1 amide bonds. The van der Waals surface area contributed by atoms with E-state index in [1.165, 1.54) is 0 Å². The Kier molecular flexibility index (Phi) is 2.85. The molecule has 0 radical (unpaired) electrons. The number of pyridine rings is 1. The molecule has 2 N–H and O–H groups in total. The topological polar surface area (TPSA) is 77.0 Å². The van der Waals surface area contributed by atoms with Gasteiger partial charge in [-0.1, -0.05) is 0 Å². The number of rotatable bonds is 2. The van der Waals surface area contributed by atoms with E-state index in [1.54, 1.807) is 10.8 Å². The van der Waals surface area contributed by atoms with Gasteiger partial charge in [-0.2, -0.15) is 0 Å². The van der Waals surface area contributed by atoms with Crippen molar-refractivity contribution in [2.24, 2.45) is 0 Å². The van der Waals surface area contributed by atoms with E-state index in [0.29, 0.717) is 11.6 Å². The zero-order chi connectivity index (χ0) is 13.4. The van der Waals surface area contributed by atoms with Crippen LogP contribution >= 0.6 is 0 Å². The Morgan fingerprint density at radius 1 is 1.42 bits per heavy atom. The Morgan fingerprint density at radius 3 is 2.89 bits per heavy atom. The summed E-state index contributed by atoms with van der Waals surface area (Å²) in [5, 5.41) is 0. The first-order valence-electron chi connectivity index (χ1n) is 6.55. The van der Waals surface area contributed by atoms with Gasteiger partial charge in [0.2, 0.25) is 11.9 Å². The Hall–Kier alpha value is -2.11. The highest BCUT2D eigenvalue weighted by molar-refractivity contribution is 5.84. The van der Waals surface area contributed by atoms with E-state index in [9.17, 15) is 4.79 Å². The monoisotopic (exact) mass is 259 g/mol. The molecule has 1 atom stereocenters. The number of anilines is 1. The highest BCUT2D eigenvalue weighted by atomic mass is 16.2. The zero-order valence-electron chi connectivity index (χ0n) is 10.9. The third-order valence-electron chi connectivity index (χ3n) is 3.64. The number of carbonyl (C=O) groups is 1. The summed E-state index contributed by atoms with van der Waals surface area (Å²) in [6, 6.07) is 3.30. The lowest BCUT2D eigenvalue weighted by Gasteiger charge is -2.22. The fourth-order valence-corrected chi connectivity index (χ4v) is 2.64. The molecule has 1 unspecified atom stereocenters. The smallest absolute Gasteiger partial charge is 0.245 e. The van der Waals surface area contributed by atoms with Crippen LogP contribution in [0.25, 0.3) is 11.2 Å². The van der Waals surface area contributed by atoms with Crippen LogP contribution in [0.3, 0.4) is 0 Å². The number of carbonyl (C=O) groups excluding carboxylic acids is 1. The van der Waals surface area contributed by atoms with Crippen LogP contribution in [0, 0.1) is 0 Å². The van der Waals surface area contributed by atoms with E-state index in [2.05, 4.69) is 9.97 Å². The summed E-state index contributed by atoms with van der Waals surface area (Å²) in [6.45, 7) is 3.53. The van der Waals surface area contributed by atoms with Crippen LogP contribution < -0.4 is 5.73 Å². The maximum atomic E-state index is 12.4. The van der Waals surface area contributed by atoms with E-state index in [4.69, 9.17) is 5.73 Å². The maximum Gasteiger partial charge on any atom is 0.245 e. The number of fused-ring (bicyclic) bond motifs is 1. The summed E-state index contributed by atoms with van der Waals surface area (Å²) < 4.78 is 1.72. The van der Waals surface area contributed by atoms with Gasteiger partial charge in [-0.05, 0) is 31.9 Å². The maximum absolute atomic E-state index is 12.4. The molecule has 3 rings (SSSR count). The van der Waals surface area contributed by atoms with Crippen LogP contribution in [-0.4, -0.2) is 38.4 Å². The number of nitrogens with two attached hydrogens (primary N) is 1. The van der Waals surface area contributed by atoms with Gasteiger partial charge in [0.05, 0.1) is 0 Å². The number of likely N-dealkylation sites (tertiary alicyclic amines) is 1. The van der Waals surface area contributed by atoms with Crippen molar-refractivity contribution in [3.8, 4) is 0 Å². The first-order valence-corrected chi connectivity index (χ1v) is 6.55. The zero-order valence-corrected chi connectivity index (χ0v) is 10.9. The van der Waals surface area contributed by atoms with Crippen molar-refractivity contribution in [3.63, 3.8) is 0 Å². The average molecular weight is 259 g/mol. The lowest BCUT2D eigenvalue weighted by atomic mass is 10.3. The molecule has 0 aromatic carbocycles. The fourth-order valence-electron chi connectivity index (χ4n) is 2.64. The predicted octanol–water partition coefficient (Wildman–Crippen LogP) is 1.20. The molecule has 2 aromatic heterocycles. The number of hydrogen-bond donors (Lipinski definition) is 1. The molecule has 1 fully saturated rings. The number of imidazole rings is 1. The minimum Gasteiger partial charge on any atom is -0.369 e. The van der Waals surface area contributed by atoms with Gasteiger partial charge in [0, 0.05) is 19.3 Å². The molecule has 19 heavy (non-hydrogen) atoms. The van der Waals surface area contributed by atoms with Crippen LogP contribution in [0.15, 0.2) is 18.3 Å². The van der Waals surface area contributed by atoms with Crippen LogP contribution in [0.4, 0.5) is 5.95 Å². The van der Waals surface area contributed by atoms with Gasteiger partial charge in [-0.15, -0.1) is 0 Å². The normalized spacial score (nSPS) is 17.0. The predicted molar refractivity (Wildman–Crippen MR) is 72.5 cm³/mol. The molecule has 1 aliphatic heterocycles. The van der Waals surface area contributed by atoms with E-state index in [-0.39, 0.29) is 11.9 Å².